The lowest BCUT2D eigenvalue weighted by Crippen LogP contribution is -2.09. The van der Waals surface area contributed by atoms with Crippen LogP contribution in [0, 0.1) is 0 Å². The van der Waals surface area contributed by atoms with Crippen molar-refractivity contribution in [2.45, 2.75) is 0 Å². The van der Waals surface area contributed by atoms with Gasteiger partial charge in [-0.25, -0.2) is 4.68 Å². The Morgan fingerprint density at radius 3 is 2.42 bits per heavy atom. The van der Waals surface area contributed by atoms with Gasteiger partial charge in [-0.15, -0.1) is 0 Å². The third-order valence-corrected chi connectivity index (χ3v) is 4.76. The van der Waals surface area contributed by atoms with Crippen LogP contribution in [0.5, 0.6) is 0 Å². The van der Waals surface area contributed by atoms with E-state index in [1.54, 1.807) is 6.07 Å². The van der Waals surface area contributed by atoms with Crippen LogP contribution in [0.3, 0.4) is 0 Å². The zero-order valence-electron chi connectivity index (χ0n) is 12.5. The van der Waals surface area contributed by atoms with Crippen LogP contribution < -0.4 is 0 Å². The summed E-state index contributed by atoms with van der Waals surface area (Å²) in [6.45, 7) is 0. The molecule has 0 bridgehead atoms. The van der Waals surface area contributed by atoms with Crippen molar-refractivity contribution in [3.05, 3.63) is 82.9 Å². The standard InChI is InChI=1S/C20H11ClN2O/c21-15-10-4-8-13-17(15)20(24)14-9-5-11-16-18(14)19(13)22-23(16)12-6-2-1-3-7-12/h1-11H. The molecule has 1 aliphatic carbocycles. The number of carbonyl (C=O) groups is 1. The maximum absolute atomic E-state index is 12.9. The molecule has 3 aromatic carbocycles. The lowest BCUT2D eigenvalue weighted by molar-refractivity contribution is 0.104. The van der Waals surface area contributed by atoms with E-state index in [0.29, 0.717) is 16.1 Å². The van der Waals surface area contributed by atoms with Gasteiger partial charge in [0.05, 0.1) is 21.8 Å². The summed E-state index contributed by atoms with van der Waals surface area (Å²) in [6, 6.07) is 21.2. The molecule has 1 heterocycles. The molecule has 0 N–H and O–H groups in total. The van der Waals surface area contributed by atoms with E-state index in [2.05, 4.69) is 0 Å². The number of halogens is 1. The maximum atomic E-state index is 12.9. The summed E-state index contributed by atoms with van der Waals surface area (Å²) in [5.74, 6) is -0.0405. The van der Waals surface area contributed by atoms with Crippen molar-refractivity contribution in [3.63, 3.8) is 0 Å². The van der Waals surface area contributed by atoms with Gasteiger partial charge in [-0.1, -0.05) is 54.1 Å². The number of aromatic nitrogens is 2. The molecule has 24 heavy (non-hydrogen) atoms. The first-order valence-corrected chi connectivity index (χ1v) is 8.04. The number of benzene rings is 3. The molecule has 5 rings (SSSR count). The van der Waals surface area contributed by atoms with Gasteiger partial charge in [0, 0.05) is 16.5 Å². The van der Waals surface area contributed by atoms with Crippen LogP contribution in [-0.2, 0) is 0 Å². The quantitative estimate of drug-likeness (QED) is 0.438. The summed E-state index contributed by atoms with van der Waals surface area (Å²) in [5, 5.41) is 6.17. The average Bonchev–Trinajstić information content (AvgIpc) is 3.01. The van der Waals surface area contributed by atoms with Crippen LogP contribution in [0.25, 0.3) is 27.8 Å². The molecule has 0 saturated carbocycles. The van der Waals surface area contributed by atoms with Crippen molar-refractivity contribution in [2.24, 2.45) is 0 Å². The fraction of sp³-hybridized carbons (Fsp3) is 0. The van der Waals surface area contributed by atoms with Crippen LogP contribution in [0.4, 0.5) is 0 Å². The van der Waals surface area contributed by atoms with Gasteiger partial charge in [-0.2, -0.15) is 5.10 Å². The average molecular weight is 331 g/mol. The Labute approximate surface area is 143 Å². The molecule has 3 nitrogen and oxygen atoms in total. The van der Waals surface area contributed by atoms with Gasteiger partial charge in [-0.05, 0) is 24.3 Å². The fourth-order valence-electron chi connectivity index (χ4n) is 3.40. The van der Waals surface area contributed by atoms with E-state index < -0.39 is 0 Å². The van der Waals surface area contributed by atoms with E-state index >= 15 is 0 Å². The third kappa shape index (κ3) is 1.67. The molecule has 4 heteroatoms. The Hall–Kier alpha value is -2.91. The zero-order valence-corrected chi connectivity index (χ0v) is 13.3. The number of rotatable bonds is 1. The third-order valence-electron chi connectivity index (χ3n) is 4.45. The molecular formula is C20H11ClN2O. The highest BCUT2D eigenvalue weighted by molar-refractivity contribution is 6.38. The van der Waals surface area contributed by atoms with Crippen molar-refractivity contribution in [3.8, 4) is 16.9 Å². The number of ketones is 1. The first-order chi connectivity index (χ1) is 11.8. The number of fused-ring (bicyclic) bond motifs is 2. The minimum atomic E-state index is -0.0405. The fourth-order valence-corrected chi connectivity index (χ4v) is 3.66. The Balaban J connectivity index is 1.95. The van der Waals surface area contributed by atoms with Crippen LogP contribution in [0.15, 0.2) is 66.7 Å². The van der Waals surface area contributed by atoms with E-state index in [1.165, 1.54) is 0 Å². The van der Waals surface area contributed by atoms with Gasteiger partial charge >= 0.3 is 0 Å². The SMILES string of the molecule is O=C1c2c(Cl)cccc2-c2nn(-c3ccccc3)c3cccc1c23. The van der Waals surface area contributed by atoms with E-state index in [0.717, 1.165) is 27.8 Å². The summed E-state index contributed by atoms with van der Waals surface area (Å²) >= 11 is 6.31. The molecule has 0 atom stereocenters. The maximum Gasteiger partial charge on any atom is 0.195 e. The number of carbonyl (C=O) groups excluding carboxylic acids is 1. The van der Waals surface area contributed by atoms with Crippen LogP contribution in [-0.4, -0.2) is 15.6 Å². The van der Waals surface area contributed by atoms with Crippen LogP contribution in [0.1, 0.15) is 15.9 Å². The Bertz CT molecular complexity index is 1130. The van der Waals surface area contributed by atoms with Crippen molar-refractivity contribution < 1.29 is 4.79 Å². The van der Waals surface area contributed by atoms with E-state index in [9.17, 15) is 4.79 Å². The summed E-state index contributed by atoms with van der Waals surface area (Å²) in [5.41, 5.74) is 4.69. The molecule has 0 saturated heterocycles. The van der Waals surface area contributed by atoms with Crippen LogP contribution >= 0.6 is 11.6 Å². The molecule has 1 aromatic heterocycles. The smallest absolute Gasteiger partial charge is 0.195 e. The molecule has 0 fully saturated rings. The minimum Gasteiger partial charge on any atom is -0.289 e. The number of hydrogen-bond donors (Lipinski definition) is 0. The predicted molar refractivity (Wildman–Crippen MR) is 94.9 cm³/mol. The Morgan fingerprint density at radius 2 is 1.58 bits per heavy atom. The van der Waals surface area contributed by atoms with Crippen molar-refractivity contribution in [1.29, 1.82) is 0 Å². The molecule has 4 aromatic rings. The van der Waals surface area contributed by atoms with Crippen LogP contribution in [0.2, 0.25) is 5.02 Å². The van der Waals surface area contributed by atoms with Crippen molar-refractivity contribution in [2.75, 3.05) is 0 Å². The Kier molecular flexibility index (Phi) is 2.70. The molecule has 1 aliphatic rings. The number of para-hydroxylation sites is 1. The summed E-state index contributed by atoms with van der Waals surface area (Å²) in [7, 11) is 0. The highest BCUT2D eigenvalue weighted by Gasteiger charge is 2.30. The summed E-state index contributed by atoms with van der Waals surface area (Å²) in [4.78, 5) is 12.9. The second-order valence-electron chi connectivity index (χ2n) is 5.79. The highest BCUT2D eigenvalue weighted by atomic mass is 35.5. The monoisotopic (exact) mass is 330 g/mol. The summed E-state index contributed by atoms with van der Waals surface area (Å²) < 4.78 is 1.89. The van der Waals surface area contributed by atoms with Gasteiger partial charge in [-0.3, -0.25) is 4.79 Å². The lowest BCUT2D eigenvalue weighted by Gasteiger charge is -2.15. The second kappa shape index (κ2) is 4.79. The largest absolute Gasteiger partial charge is 0.289 e. The molecular weight excluding hydrogens is 320 g/mol. The molecule has 0 unspecified atom stereocenters. The van der Waals surface area contributed by atoms with Gasteiger partial charge in [0.25, 0.3) is 0 Å². The van der Waals surface area contributed by atoms with Gasteiger partial charge in [0.1, 0.15) is 5.69 Å². The highest BCUT2D eigenvalue weighted by Crippen LogP contribution is 2.41. The normalized spacial score (nSPS) is 12.5. The first-order valence-electron chi connectivity index (χ1n) is 7.66. The van der Waals surface area contributed by atoms with E-state index in [-0.39, 0.29) is 5.78 Å². The topological polar surface area (TPSA) is 34.9 Å². The van der Waals surface area contributed by atoms with E-state index in [1.807, 2.05) is 65.3 Å². The summed E-state index contributed by atoms with van der Waals surface area (Å²) in [6.07, 6.45) is 0. The van der Waals surface area contributed by atoms with Crippen molar-refractivity contribution in [1.82, 2.24) is 9.78 Å². The molecule has 0 radical (unpaired) electrons. The molecule has 0 amide bonds. The molecule has 114 valence electrons. The minimum absolute atomic E-state index is 0.0405. The zero-order chi connectivity index (χ0) is 16.3. The first kappa shape index (κ1) is 13.5. The number of nitrogens with zero attached hydrogens (tertiary/aromatic N) is 2. The van der Waals surface area contributed by atoms with Gasteiger partial charge in [0.15, 0.2) is 5.78 Å². The lowest BCUT2D eigenvalue weighted by atomic mass is 9.87. The van der Waals surface area contributed by atoms with Gasteiger partial charge in [0.2, 0.25) is 0 Å². The molecule has 0 aliphatic heterocycles. The Morgan fingerprint density at radius 1 is 0.833 bits per heavy atom. The van der Waals surface area contributed by atoms with E-state index in [4.69, 9.17) is 16.7 Å². The molecule has 0 spiro atoms. The van der Waals surface area contributed by atoms with Crippen molar-refractivity contribution >= 4 is 28.3 Å². The second-order valence-corrected chi connectivity index (χ2v) is 6.19. The number of hydrogen-bond acceptors (Lipinski definition) is 2. The van der Waals surface area contributed by atoms with Gasteiger partial charge < -0.3 is 0 Å². The predicted octanol–water partition coefficient (Wildman–Crippen LogP) is 4.89.